The third kappa shape index (κ3) is 10.9. The molecule has 0 aliphatic carbocycles. The zero-order valence-corrected chi connectivity index (χ0v) is 15.7. The van der Waals surface area contributed by atoms with E-state index in [-0.39, 0.29) is 0 Å². The number of unbranched alkanes of at least 4 members (excludes halogenated alkanes) is 2. The number of carbonyl (C=O) groups excluding carboxylic acids is 1. The third-order valence-corrected chi connectivity index (χ3v) is 6.63. The van der Waals surface area contributed by atoms with Gasteiger partial charge in [0.05, 0.1) is 0 Å². The fourth-order valence-electron chi connectivity index (χ4n) is 2.13. The van der Waals surface area contributed by atoms with Crippen LogP contribution in [0.25, 0.3) is 0 Å². The van der Waals surface area contributed by atoms with E-state index >= 15 is 0 Å². The molecule has 1 unspecified atom stereocenters. The fourth-order valence-corrected chi connectivity index (χ4v) is 4.57. The summed E-state index contributed by atoms with van der Waals surface area (Å²) in [5.41, 5.74) is 0. The standard InChI is InChI=1S/C16H33O2SSi/c1-5-9-10-12-16(17)19-14-13-15(11-6-2)18-20(7-3)8-4/h15H,5-14H2,1-4H3. The van der Waals surface area contributed by atoms with Crippen molar-refractivity contribution in [2.24, 2.45) is 0 Å². The van der Waals surface area contributed by atoms with Crippen LogP contribution in [0.1, 0.15) is 72.6 Å². The maximum absolute atomic E-state index is 11.7. The van der Waals surface area contributed by atoms with Gasteiger partial charge in [-0.05, 0) is 31.4 Å². The number of rotatable bonds is 13. The highest BCUT2D eigenvalue weighted by Gasteiger charge is 2.16. The first-order valence-corrected chi connectivity index (χ1v) is 11.2. The van der Waals surface area contributed by atoms with Crippen LogP contribution >= 0.6 is 11.8 Å². The van der Waals surface area contributed by atoms with Gasteiger partial charge < -0.3 is 4.43 Å². The third-order valence-electron chi connectivity index (χ3n) is 3.42. The van der Waals surface area contributed by atoms with Crippen molar-refractivity contribution in [3.05, 3.63) is 0 Å². The Morgan fingerprint density at radius 1 is 1.05 bits per heavy atom. The normalized spacial score (nSPS) is 12.8. The summed E-state index contributed by atoms with van der Waals surface area (Å²) >= 11 is 1.52. The molecule has 0 aliphatic heterocycles. The zero-order valence-electron chi connectivity index (χ0n) is 13.9. The van der Waals surface area contributed by atoms with Crippen molar-refractivity contribution < 1.29 is 9.22 Å². The summed E-state index contributed by atoms with van der Waals surface area (Å²) in [6, 6.07) is 2.37. The summed E-state index contributed by atoms with van der Waals surface area (Å²) in [5, 5.41) is 0.366. The highest BCUT2D eigenvalue weighted by Crippen LogP contribution is 2.17. The van der Waals surface area contributed by atoms with Crippen LogP contribution in [-0.2, 0) is 9.22 Å². The largest absolute Gasteiger partial charge is 0.414 e. The van der Waals surface area contributed by atoms with Crippen LogP contribution < -0.4 is 0 Å². The molecule has 0 spiro atoms. The van der Waals surface area contributed by atoms with Crippen molar-refractivity contribution in [2.45, 2.75) is 90.8 Å². The Hall–Kier alpha value is 0.197. The average molecular weight is 318 g/mol. The molecule has 20 heavy (non-hydrogen) atoms. The second-order valence-corrected chi connectivity index (χ2v) is 9.12. The van der Waals surface area contributed by atoms with Gasteiger partial charge >= 0.3 is 0 Å². The first kappa shape index (κ1) is 20.2. The average Bonchev–Trinajstić information content (AvgIpc) is 2.44. The van der Waals surface area contributed by atoms with Gasteiger partial charge in [0.15, 0.2) is 5.12 Å². The minimum absolute atomic E-state index is 0.366. The van der Waals surface area contributed by atoms with Crippen LogP contribution in [0.3, 0.4) is 0 Å². The van der Waals surface area contributed by atoms with Crippen molar-refractivity contribution >= 4 is 25.9 Å². The molecule has 0 N–H and O–H groups in total. The molecular weight excluding hydrogens is 284 g/mol. The molecule has 0 saturated carbocycles. The van der Waals surface area contributed by atoms with E-state index in [0.29, 0.717) is 11.2 Å². The van der Waals surface area contributed by atoms with Gasteiger partial charge in [-0.3, -0.25) is 4.79 Å². The lowest BCUT2D eigenvalue weighted by Crippen LogP contribution is -2.25. The van der Waals surface area contributed by atoms with Crippen LogP contribution in [-0.4, -0.2) is 26.0 Å². The molecular formula is C16H33O2SSi. The van der Waals surface area contributed by atoms with E-state index < -0.39 is 9.04 Å². The lowest BCUT2D eigenvalue weighted by atomic mass is 10.2. The van der Waals surface area contributed by atoms with Crippen molar-refractivity contribution in [3.63, 3.8) is 0 Å². The summed E-state index contributed by atoms with van der Waals surface area (Å²) < 4.78 is 6.25. The molecule has 4 heteroatoms. The Kier molecular flexibility index (Phi) is 14.3. The van der Waals surface area contributed by atoms with Gasteiger partial charge in [0.2, 0.25) is 9.04 Å². The first-order chi connectivity index (χ1) is 9.67. The Morgan fingerprint density at radius 3 is 2.30 bits per heavy atom. The molecule has 0 amide bonds. The van der Waals surface area contributed by atoms with E-state index in [1.54, 1.807) is 0 Å². The van der Waals surface area contributed by atoms with E-state index in [1.807, 2.05) is 0 Å². The summed E-state index contributed by atoms with van der Waals surface area (Å²) in [4.78, 5) is 11.7. The lowest BCUT2D eigenvalue weighted by Gasteiger charge is -2.22. The lowest BCUT2D eigenvalue weighted by molar-refractivity contribution is -0.111. The van der Waals surface area contributed by atoms with Crippen molar-refractivity contribution in [1.82, 2.24) is 0 Å². The van der Waals surface area contributed by atoms with E-state index in [0.717, 1.165) is 31.4 Å². The van der Waals surface area contributed by atoms with Crippen LogP contribution in [0.4, 0.5) is 0 Å². The predicted molar refractivity (Wildman–Crippen MR) is 92.7 cm³/mol. The first-order valence-electron chi connectivity index (χ1n) is 8.34. The number of hydrogen-bond acceptors (Lipinski definition) is 3. The van der Waals surface area contributed by atoms with E-state index in [4.69, 9.17) is 4.43 Å². The molecule has 0 aromatic carbocycles. The molecule has 2 nitrogen and oxygen atoms in total. The molecule has 0 aromatic heterocycles. The van der Waals surface area contributed by atoms with E-state index in [9.17, 15) is 4.79 Å². The Labute approximate surface area is 132 Å². The molecule has 0 rings (SSSR count). The quantitative estimate of drug-likeness (QED) is 0.334. The van der Waals surface area contributed by atoms with Gasteiger partial charge in [-0.15, -0.1) is 0 Å². The van der Waals surface area contributed by atoms with Crippen molar-refractivity contribution in [1.29, 1.82) is 0 Å². The number of hydrogen-bond donors (Lipinski definition) is 0. The van der Waals surface area contributed by atoms with Crippen molar-refractivity contribution in [2.75, 3.05) is 5.75 Å². The van der Waals surface area contributed by atoms with Gasteiger partial charge in [-0.1, -0.05) is 58.7 Å². The molecule has 0 saturated heterocycles. The Morgan fingerprint density at radius 2 is 1.75 bits per heavy atom. The van der Waals surface area contributed by atoms with E-state index in [2.05, 4.69) is 27.7 Å². The summed E-state index contributed by atoms with van der Waals surface area (Å²) in [7, 11) is -0.605. The van der Waals surface area contributed by atoms with Crippen LogP contribution in [0, 0.1) is 0 Å². The summed E-state index contributed by atoms with van der Waals surface area (Å²) in [6.45, 7) is 8.84. The Balaban J connectivity index is 3.87. The minimum atomic E-state index is -0.605. The van der Waals surface area contributed by atoms with Crippen LogP contribution in [0.2, 0.25) is 12.1 Å². The zero-order chi connectivity index (χ0) is 15.2. The second-order valence-electron chi connectivity index (χ2n) is 5.24. The maximum atomic E-state index is 11.7. The Bertz CT molecular complexity index is 233. The molecule has 1 atom stereocenters. The molecule has 0 fully saturated rings. The summed E-state index contributed by atoms with van der Waals surface area (Å²) in [5.74, 6) is 0.929. The maximum Gasteiger partial charge on any atom is 0.211 e. The van der Waals surface area contributed by atoms with Gasteiger partial charge in [0.25, 0.3) is 0 Å². The molecule has 1 radical (unpaired) electrons. The van der Waals surface area contributed by atoms with Crippen LogP contribution in [0.15, 0.2) is 0 Å². The van der Waals surface area contributed by atoms with Gasteiger partial charge in [0, 0.05) is 18.3 Å². The molecule has 0 aromatic rings. The highest BCUT2D eigenvalue weighted by atomic mass is 32.2. The predicted octanol–water partition coefficient (Wildman–Crippen LogP) is 5.43. The van der Waals surface area contributed by atoms with Gasteiger partial charge in [-0.25, -0.2) is 0 Å². The smallest absolute Gasteiger partial charge is 0.211 e. The molecule has 0 bridgehead atoms. The SMILES string of the molecule is CCCCCC(=O)SCCC(CCC)O[Si](CC)CC. The summed E-state index contributed by atoms with van der Waals surface area (Å²) in [6.07, 6.45) is 7.88. The highest BCUT2D eigenvalue weighted by molar-refractivity contribution is 8.13. The molecule has 0 heterocycles. The van der Waals surface area contributed by atoms with Crippen LogP contribution in [0.5, 0.6) is 0 Å². The van der Waals surface area contributed by atoms with Crippen molar-refractivity contribution in [3.8, 4) is 0 Å². The number of carbonyl (C=O) groups is 1. The van der Waals surface area contributed by atoms with Gasteiger partial charge in [-0.2, -0.15) is 0 Å². The fraction of sp³-hybridized carbons (Fsp3) is 0.938. The minimum Gasteiger partial charge on any atom is -0.414 e. The number of thioether (sulfide) groups is 1. The topological polar surface area (TPSA) is 26.3 Å². The monoisotopic (exact) mass is 317 g/mol. The van der Waals surface area contributed by atoms with Gasteiger partial charge in [0.1, 0.15) is 0 Å². The van der Waals surface area contributed by atoms with E-state index in [1.165, 1.54) is 43.1 Å². The molecule has 119 valence electrons. The second kappa shape index (κ2) is 14.1. The molecule has 0 aliphatic rings.